The Kier molecular flexibility index (Phi) is 4.56. The first kappa shape index (κ1) is 13.3. The van der Waals surface area contributed by atoms with E-state index >= 15 is 0 Å². The number of hydrogen-bond acceptors (Lipinski definition) is 4. The first-order valence-corrected chi connectivity index (χ1v) is 5.81. The van der Waals surface area contributed by atoms with E-state index in [4.69, 9.17) is 16.0 Å². The number of nitrogens with two attached hydrogens (primary N) is 1. The summed E-state index contributed by atoms with van der Waals surface area (Å²) in [6.07, 6.45) is 1.93. The summed E-state index contributed by atoms with van der Waals surface area (Å²) in [5, 5.41) is 20.8. The number of amidine groups is 1. The third kappa shape index (κ3) is 3.35. The summed E-state index contributed by atoms with van der Waals surface area (Å²) in [4.78, 5) is 2.33. The molecule has 0 radical (unpaired) electrons. The van der Waals surface area contributed by atoms with Gasteiger partial charge in [-0.1, -0.05) is 19.0 Å². The summed E-state index contributed by atoms with van der Waals surface area (Å²) in [5.74, 6) is 0.706. The van der Waals surface area contributed by atoms with Crippen molar-refractivity contribution in [1.29, 1.82) is 0 Å². The first-order valence-electron chi connectivity index (χ1n) is 5.81. The quantitative estimate of drug-likeness (QED) is 0.277. The molecular weight excluding hydrogens is 206 g/mol. The standard InChI is InChI=1S/C11H23N3O2/c1-11(2,10(12)13-16)4-6-14-5-3-9(7-14)8-15/h9,15-16H,3-8H2,1-2H3,(H2,12,13). The minimum absolute atomic E-state index is 0.272. The van der Waals surface area contributed by atoms with Crippen LogP contribution < -0.4 is 5.73 Å². The van der Waals surface area contributed by atoms with Gasteiger partial charge in [-0.2, -0.15) is 0 Å². The van der Waals surface area contributed by atoms with E-state index in [1.807, 2.05) is 13.8 Å². The van der Waals surface area contributed by atoms with Gasteiger partial charge in [-0.05, 0) is 31.8 Å². The van der Waals surface area contributed by atoms with Crippen LogP contribution in [0, 0.1) is 11.3 Å². The molecule has 0 aromatic rings. The minimum Gasteiger partial charge on any atom is -0.409 e. The number of rotatable bonds is 5. The molecule has 1 fully saturated rings. The molecule has 1 heterocycles. The zero-order valence-corrected chi connectivity index (χ0v) is 10.2. The van der Waals surface area contributed by atoms with Crippen LogP contribution in [0.1, 0.15) is 26.7 Å². The molecule has 4 N–H and O–H groups in total. The summed E-state index contributed by atoms with van der Waals surface area (Å²) in [6.45, 7) is 7.16. The number of nitrogens with zero attached hydrogens (tertiary/aromatic N) is 2. The summed E-state index contributed by atoms with van der Waals surface area (Å²) in [6, 6.07) is 0. The van der Waals surface area contributed by atoms with Crippen LogP contribution in [-0.2, 0) is 0 Å². The van der Waals surface area contributed by atoms with Crippen LogP contribution in [0.2, 0.25) is 0 Å². The highest BCUT2D eigenvalue weighted by Gasteiger charge is 2.27. The molecule has 1 aliphatic rings. The smallest absolute Gasteiger partial charge is 0.144 e. The van der Waals surface area contributed by atoms with Gasteiger partial charge in [-0.15, -0.1) is 0 Å². The Morgan fingerprint density at radius 3 is 2.75 bits per heavy atom. The Balaban J connectivity index is 2.35. The molecule has 16 heavy (non-hydrogen) atoms. The number of oxime groups is 1. The van der Waals surface area contributed by atoms with Crippen LogP contribution >= 0.6 is 0 Å². The van der Waals surface area contributed by atoms with E-state index in [0.717, 1.165) is 32.5 Å². The van der Waals surface area contributed by atoms with Gasteiger partial charge in [0.25, 0.3) is 0 Å². The molecule has 1 atom stereocenters. The fraction of sp³-hybridized carbons (Fsp3) is 0.909. The van der Waals surface area contributed by atoms with E-state index in [9.17, 15) is 0 Å². The van der Waals surface area contributed by atoms with Crippen LogP contribution in [0.4, 0.5) is 0 Å². The fourth-order valence-corrected chi connectivity index (χ4v) is 1.97. The highest BCUT2D eigenvalue weighted by atomic mass is 16.4. The van der Waals surface area contributed by atoms with E-state index < -0.39 is 0 Å². The molecule has 0 bridgehead atoms. The van der Waals surface area contributed by atoms with Crippen molar-refractivity contribution in [3.8, 4) is 0 Å². The third-order valence-corrected chi connectivity index (χ3v) is 3.48. The lowest BCUT2D eigenvalue weighted by Crippen LogP contribution is -2.35. The van der Waals surface area contributed by atoms with Crippen LogP contribution in [0.5, 0.6) is 0 Å². The van der Waals surface area contributed by atoms with E-state index in [2.05, 4.69) is 10.1 Å². The molecule has 0 aromatic heterocycles. The second-order valence-corrected chi connectivity index (χ2v) is 5.26. The van der Waals surface area contributed by atoms with E-state index in [1.54, 1.807) is 0 Å². The molecule has 1 rings (SSSR count). The van der Waals surface area contributed by atoms with Gasteiger partial charge in [0.2, 0.25) is 0 Å². The molecule has 0 aromatic carbocycles. The summed E-state index contributed by atoms with van der Waals surface area (Å²) >= 11 is 0. The van der Waals surface area contributed by atoms with Gasteiger partial charge in [0, 0.05) is 18.6 Å². The predicted octanol–water partition coefficient (Wildman–Crippen LogP) is 0.463. The molecule has 1 unspecified atom stereocenters. The average molecular weight is 229 g/mol. The minimum atomic E-state index is -0.272. The number of hydrogen-bond donors (Lipinski definition) is 3. The maximum absolute atomic E-state index is 9.04. The van der Waals surface area contributed by atoms with E-state index in [-0.39, 0.29) is 17.9 Å². The van der Waals surface area contributed by atoms with Crippen LogP contribution in [0.25, 0.3) is 0 Å². The highest BCUT2D eigenvalue weighted by molar-refractivity contribution is 5.85. The van der Waals surface area contributed by atoms with E-state index in [0.29, 0.717) is 5.92 Å². The van der Waals surface area contributed by atoms with Crippen LogP contribution in [0.15, 0.2) is 5.16 Å². The van der Waals surface area contributed by atoms with Gasteiger partial charge in [0.05, 0.1) is 0 Å². The molecule has 5 heteroatoms. The number of aliphatic hydroxyl groups is 1. The van der Waals surface area contributed by atoms with Crippen molar-refractivity contribution in [2.45, 2.75) is 26.7 Å². The molecule has 0 aliphatic carbocycles. The van der Waals surface area contributed by atoms with Crippen molar-refractivity contribution in [3.63, 3.8) is 0 Å². The summed E-state index contributed by atoms with van der Waals surface area (Å²) in [5.41, 5.74) is 5.36. The molecular formula is C11H23N3O2. The topological polar surface area (TPSA) is 82.1 Å². The fourth-order valence-electron chi connectivity index (χ4n) is 1.97. The van der Waals surface area contributed by atoms with Gasteiger partial charge in [-0.3, -0.25) is 0 Å². The zero-order chi connectivity index (χ0) is 12.2. The Morgan fingerprint density at radius 2 is 2.25 bits per heavy atom. The molecule has 5 nitrogen and oxygen atoms in total. The van der Waals surface area contributed by atoms with Crippen LogP contribution in [0.3, 0.4) is 0 Å². The maximum Gasteiger partial charge on any atom is 0.144 e. The Labute approximate surface area is 96.9 Å². The Morgan fingerprint density at radius 1 is 1.56 bits per heavy atom. The zero-order valence-electron chi connectivity index (χ0n) is 10.2. The first-order chi connectivity index (χ1) is 7.49. The largest absolute Gasteiger partial charge is 0.409 e. The van der Waals surface area contributed by atoms with Crippen molar-refractivity contribution < 1.29 is 10.3 Å². The molecule has 94 valence electrons. The van der Waals surface area contributed by atoms with Gasteiger partial charge in [0.15, 0.2) is 0 Å². The van der Waals surface area contributed by atoms with Crippen molar-refractivity contribution in [3.05, 3.63) is 0 Å². The van der Waals surface area contributed by atoms with Crippen LogP contribution in [-0.4, -0.2) is 47.3 Å². The predicted molar refractivity (Wildman–Crippen MR) is 63.4 cm³/mol. The Hall–Kier alpha value is -0.810. The lowest BCUT2D eigenvalue weighted by Gasteiger charge is -2.26. The summed E-state index contributed by atoms with van der Waals surface area (Å²) in [7, 11) is 0. The van der Waals surface area contributed by atoms with Crippen molar-refractivity contribution in [2.24, 2.45) is 22.2 Å². The van der Waals surface area contributed by atoms with Gasteiger partial charge >= 0.3 is 0 Å². The lowest BCUT2D eigenvalue weighted by atomic mass is 9.88. The average Bonchev–Trinajstić information content (AvgIpc) is 2.73. The lowest BCUT2D eigenvalue weighted by molar-refractivity contribution is 0.216. The van der Waals surface area contributed by atoms with Gasteiger partial charge < -0.3 is 20.9 Å². The number of aliphatic hydroxyl groups excluding tert-OH is 1. The molecule has 0 spiro atoms. The summed E-state index contributed by atoms with van der Waals surface area (Å²) < 4.78 is 0. The van der Waals surface area contributed by atoms with E-state index in [1.165, 1.54) is 0 Å². The second kappa shape index (κ2) is 5.50. The highest BCUT2D eigenvalue weighted by Crippen LogP contribution is 2.23. The van der Waals surface area contributed by atoms with Gasteiger partial charge in [-0.25, -0.2) is 0 Å². The monoisotopic (exact) mass is 229 g/mol. The van der Waals surface area contributed by atoms with Crippen molar-refractivity contribution in [2.75, 3.05) is 26.2 Å². The molecule has 1 saturated heterocycles. The molecule has 1 aliphatic heterocycles. The van der Waals surface area contributed by atoms with Crippen molar-refractivity contribution in [1.82, 2.24) is 4.90 Å². The SMILES string of the molecule is CC(C)(CCN1CCC(CO)C1)C(N)=NO. The Bertz CT molecular complexity index is 254. The van der Waals surface area contributed by atoms with Gasteiger partial charge in [0.1, 0.15) is 5.84 Å². The third-order valence-electron chi connectivity index (χ3n) is 3.48. The second-order valence-electron chi connectivity index (χ2n) is 5.26. The van der Waals surface area contributed by atoms with Crippen molar-refractivity contribution >= 4 is 5.84 Å². The molecule has 0 saturated carbocycles. The normalized spacial score (nSPS) is 23.9. The number of likely N-dealkylation sites (tertiary alicyclic amines) is 1. The molecule has 0 amide bonds. The maximum atomic E-state index is 9.04.